The van der Waals surface area contributed by atoms with E-state index in [1.807, 2.05) is 19.0 Å². The molecule has 162 valence electrons. The molecule has 0 amide bonds. The minimum Gasteiger partial charge on any atom is -0.492 e. The van der Waals surface area contributed by atoms with Crippen LogP contribution in [0.1, 0.15) is 21.5 Å². The summed E-state index contributed by atoms with van der Waals surface area (Å²) in [4.78, 5) is 14.8. The molecule has 0 atom stereocenters. The number of rotatable bonds is 8. The van der Waals surface area contributed by atoms with E-state index in [1.165, 1.54) is 6.07 Å². The van der Waals surface area contributed by atoms with Crippen LogP contribution in [0.15, 0.2) is 72.8 Å². The van der Waals surface area contributed by atoms with E-state index in [2.05, 4.69) is 0 Å². The van der Waals surface area contributed by atoms with Crippen LogP contribution in [-0.2, 0) is 12.6 Å². The molecule has 0 saturated heterocycles. The number of Topliss-reactive ketones (excluding diaryl/α,β-unsaturated/α-hetero) is 1. The van der Waals surface area contributed by atoms with Crippen molar-refractivity contribution < 1.29 is 22.7 Å². The molecule has 3 nitrogen and oxygen atoms in total. The molecule has 0 bridgehead atoms. The zero-order valence-electron chi connectivity index (χ0n) is 17.4. The summed E-state index contributed by atoms with van der Waals surface area (Å²) < 4.78 is 44.9. The normalized spacial score (nSPS) is 11.5. The molecule has 0 spiro atoms. The molecule has 0 aromatic heterocycles. The van der Waals surface area contributed by atoms with Gasteiger partial charge in [0.1, 0.15) is 12.4 Å². The summed E-state index contributed by atoms with van der Waals surface area (Å²) in [5, 5.41) is 0. The summed E-state index contributed by atoms with van der Waals surface area (Å²) in [6.07, 6.45) is -4.33. The van der Waals surface area contributed by atoms with Crippen LogP contribution in [0.2, 0.25) is 0 Å². The summed E-state index contributed by atoms with van der Waals surface area (Å²) in [5.41, 5.74) is 1.54. The number of likely N-dealkylation sites (N-methyl/N-ethyl adjacent to an activating group) is 1. The second-order valence-electron chi connectivity index (χ2n) is 7.51. The molecule has 0 unspecified atom stereocenters. The molecule has 0 saturated carbocycles. The Morgan fingerprint density at radius 2 is 1.65 bits per heavy atom. The van der Waals surface area contributed by atoms with Crippen LogP contribution in [0.25, 0.3) is 11.1 Å². The van der Waals surface area contributed by atoms with Crippen LogP contribution in [-0.4, -0.2) is 37.9 Å². The number of ether oxygens (including phenoxy) is 1. The third kappa shape index (κ3) is 6.18. The lowest BCUT2D eigenvalue weighted by Gasteiger charge is -2.13. The Morgan fingerprint density at radius 3 is 2.32 bits per heavy atom. The fourth-order valence-electron chi connectivity index (χ4n) is 3.18. The van der Waals surface area contributed by atoms with Crippen LogP contribution in [0, 0.1) is 0 Å². The number of carbonyl (C=O) groups is 1. The average molecular weight is 427 g/mol. The Hall–Kier alpha value is -3.12. The van der Waals surface area contributed by atoms with Crippen molar-refractivity contribution in [2.75, 3.05) is 27.2 Å². The van der Waals surface area contributed by atoms with Gasteiger partial charge in [-0.15, -0.1) is 0 Å². The topological polar surface area (TPSA) is 29.5 Å². The molecule has 0 radical (unpaired) electrons. The molecule has 3 aromatic rings. The summed E-state index contributed by atoms with van der Waals surface area (Å²) in [6.45, 7) is 1.33. The van der Waals surface area contributed by atoms with E-state index >= 15 is 0 Å². The van der Waals surface area contributed by atoms with Crippen molar-refractivity contribution in [1.82, 2.24) is 4.90 Å². The van der Waals surface area contributed by atoms with Crippen LogP contribution in [0.3, 0.4) is 0 Å². The zero-order valence-corrected chi connectivity index (χ0v) is 17.4. The first-order valence-electron chi connectivity index (χ1n) is 9.90. The highest BCUT2D eigenvalue weighted by atomic mass is 19.4. The number of hydrogen-bond donors (Lipinski definition) is 0. The fraction of sp³-hybridized carbons (Fsp3) is 0.240. The monoisotopic (exact) mass is 427 g/mol. The molecule has 31 heavy (non-hydrogen) atoms. The van der Waals surface area contributed by atoms with Crippen LogP contribution in [0.4, 0.5) is 13.2 Å². The SMILES string of the molecule is CN(C)CCOc1ccc(C(=O)Cc2ccccc2-c2cccc(C(F)(F)F)c2)cc1. The van der Waals surface area contributed by atoms with E-state index in [9.17, 15) is 18.0 Å². The lowest BCUT2D eigenvalue weighted by Crippen LogP contribution is -2.19. The van der Waals surface area contributed by atoms with Crippen molar-refractivity contribution in [3.63, 3.8) is 0 Å². The molecule has 3 aromatic carbocycles. The molecule has 0 aliphatic heterocycles. The maximum Gasteiger partial charge on any atom is 0.416 e. The standard InChI is InChI=1S/C25H24F3NO2/c1-29(2)14-15-31-22-12-10-18(11-13-22)24(30)17-20-6-3-4-9-23(20)19-7-5-8-21(16-19)25(26,27)28/h3-13,16H,14-15,17H2,1-2H3. The van der Waals surface area contributed by atoms with Gasteiger partial charge in [-0.25, -0.2) is 0 Å². The van der Waals surface area contributed by atoms with Gasteiger partial charge >= 0.3 is 6.18 Å². The van der Waals surface area contributed by atoms with Gasteiger partial charge in [-0.2, -0.15) is 13.2 Å². The van der Waals surface area contributed by atoms with Crippen molar-refractivity contribution >= 4 is 5.78 Å². The molecule has 0 N–H and O–H groups in total. The van der Waals surface area contributed by atoms with E-state index in [0.29, 0.717) is 34.6 Å². The van der Waals surface area contributed by atoms with Crippen molar-refractivity contribution in [3.8, 4) is 16.9 Å². The number of alkyl halides is 3. The Morgan fingerprint density at radius 1 is 0.935 bits per heavy atom. The Kier molecular flexibility index (Phi) is 7.13. The Balaban J connectivity index is 1.76. The second kappa shape index (κ2) is 9.79. The highest BCUT2D eigenvalue weighted by Gasteiger charge is 2.30. The number of benzene rings is 3. The summed E-state index contributed by atoms with van der Waals surface area (Å²) in [5.74, 6) is 0.571. The average Bonchev–Trinajstić information content (AvgIpc) is 2.74. The van der Waals surface area contributed by atoms with Crippen molar-refractivity contribution in [3.05, 3.63) is 89.5 Å². The van der Waals surface area contributed by atoms with Crippen LogP contribution < -0.4 is 4.74 Å². The van der Waals surface area contributed by atoms with Gasteiger partial charge in [-0.1, -0.05) is 36.4 Å². The van der Waals surface area contributed by atoms with E-state index in [-0.39, 0.29) is 12.2 Å². The number of carbonyl (C=O) groups excluding carboxylic acids is 1. The Bertz CT molecular complexity index is 1030. The van der Waals surface area contributed by atoms with Gasteiger partial charge in [-0.3, -0.25) is 4.79 Å². The lowest BCUT2D eigenvalue weighted by molar-refractivity contribution is -0.137. The first-order chi connectivity index (χ1) is 14.7. The maximum absolute atomic E-state index is 13.1. The van der Waals surface area contributed by atoms with Gasteiger partial charge in [0, 0.05) is 18.5 Å². The maximum atomic E-state index is 13.1. The van der Waals surface area contributed by atoms with E-state index in [0.717, 1.165) is 18.7 Å². The van der Waals surface area contributed by atoms with Crippen molar-refractivity contribution in [2.24, 2.45) is 0 Å². The van der Waals surface area contributed by atoms with Gasteiger partial charge in [0.25, 0.3) is 0 Å². The first-order valence-corrected chi connectivity index (χ1v) is 9.90. The first kappa shape index (κ1) is 22.6. The van der Waals surface area contributed by atoms with E-state index in [4.69, 9.17) is 4.74 Å². The largest absolute Gasteiger partial charge is 0.492 e. The predicted molar refractivity (Wildman–Crippen MR) is 115 cm³/mol. The minimum absolute atomic E-state index is 0.0905. The highest BCUT2D eigenvalue weighted by molar-refractivity contribution is 5.98. The summed E-state index contributed by atoms with van der Waals surface area (Å²) in [7, 11) is 3.92. The summed E-state index contributed by atoms with van der Waals surface area (Å²) in [6, 6.07) is 19.1. The van der Waals surface area contributed by atoms with Crippen molar-refractivity contribution in [1.29, 1.82) is 0 Å². The van der Waals surface area contributed by atoms with Gasteiger partial charge in [0.15, 0.2) is 5.78 Å². The number of nitrogens with zero attached hydrogens (tertiary/aromatic N) is 1. The minimum atomic E-state index is -4.42. The van der Waals surface area contributed by atoms with Crippen LogP contribution in [0.5, 0.6) is 5.75 Å². The number of ketones is 1. The van der Waals surface area contributed by atoms with Gasteiger partial charge in [-0.05, 0) is 67.2 Å². The predicted octanol–water partition coefficient (Wildman–Crippen LogP) is 5.74. The molecule has 0 heterocycles. The molecular weight excluding hydrogens is 403 g/mol. The van der Waals surface area contributed by atoms with Crippen LogP contribution >= 0.6 is 0 Å². The van der Waals surface area contributed by atoms with E-state index in [1.54, 1.807) is 54.6 Å². The van der Waals surface area contributed by atoms with E-state index < -0.39 is 11.7 Å². The third-order valence-electron chi connectivity index (χ3n) is 4.85. The molecule has 6 heteroatoms. The highest BCUT2D eigenvalue weighted by Crippen LogP contribution is 2.33. The third-order valence-corrected chi connectivity index (χ3v) is 4.85. The number of halogens is 3. The Labute approximate surface area is 180 Å². The number of hydrogen-bond acceptors (Lipinski definition) is 3. The van der Waals surface area contributed by atoms with Gasteiger partial charge < -0.3 is 9.64 Å². The zero-order chi connectivity index (χ0) is 22.4. The molecular formula is C25H24F3NO2. The van der Waals surface area contributed by atoms with Crippen molar-refractivity contribution in [2.45, 2.75) is 12.6 Å². The molecule has 0 fully saturated rings. The quantitative estimate of drug-likeness (QED) is 0.430. The molecule has 0 aliphatic carbocycles. The lowest BCUT2D eigenvalue weighted by atomic mass is 9.93. The smallest absolute Gasteiger partial charge is 0.416 e. The second-order valence-corrected chi connectivity index (χ2v) is 7.51. The van der Waals surface area contributed by atoms with Gasteiger partial charge in [0.2, 0.25) is 0 Å². The molecule has 3 rings (SSSR count). The molecule has 0 aliphatic rings. The fourth-order valence-corrected chi connectivity index (χ4v) is 3.18. The summed E-state index contributed by atoms with van der Waals surface area (Å²) >= 11 is 0. The van der Waals surface area contributed by atoms with Gasteiger partial charge in [0.05, 0.1) is 5.56 Å².